The van der Waals surface area contributed by atoms with Crippen LogP contribution in [0.25, 0.3) is 10.9 Å². The van der Waals surface area contributed by atoms with E-state index in [9.17, 15) is 5.26 Å². The summed E-state index contributed by atoms with van der Waals surface area (Å²) in [5, 5.41) is 20.7. The van der Waals surface area contributed by atoms with E-state index < -0.39 is 0 Å². The minimum atomic E-state index is 0.546. The Hall–Kier alpha value is -3.17. The van der Waals surface area contributed by atoms with Gasteiger partial charge in [0.15, 0.2) is 5.11 Å². The van der Waals surface area contributed by atoms with E-state index in [1.54, 1.807) is 0 Å². The van der Waals surface area contributed by atoms with Crippen molar-refractivity contribution in [2.45, 2.75) is 20.3 Å². The molecule has 3 N–H and O–H groups in total. The van der Waals surface area contributed by atoms with Crippen molar-refractivity contribution < 1.29 is 0 Å². The molecule has 0 fully saturated rings. The zero-order valence-electron chi connectivity index (χ0n) is 16.7. The van der Waals surface area contributed by atoms with Gasteiger partial charge in [0.05, 0.1) is 11.1 Å². The number of nitrogens with zero attached hydrogens (tertiary/aromatic N) is 2. The molecule has 0 aliphatic heterocycles. The number of anilines is 1. The molecule has 0 saturated heterocycles. The minimum Gasteiger partial charge on any atom is -0.367 e. The lowest BCUT2D eigenvalue weighted by atomic mass is 10.0. The number of rotatable bonds is 7. The van der Waals surface area contributed by atoms with Crippen molar-refractivity contribution in [1.82, 2.24) is 15.6 Å². The Morgan fingerprint density at radius 1 is 1.00 bits per heavy atom. The summed E-state index contributed by atoms with van der Waals surface area (Å²) < 4.78 is 0. The smallest absolute Gasteiger partial charge is 0.166 e. The molecule has 0 amide bonds. The largest absolute Gasteiger partial charge is 0.367 e. The summed E-state index contributed by atoms with van der Waals surface area (Å²) in [7, 11) is 0. The first-order valence-corrected chi connectivity index (χ1v) is 10.1. The fourth-order valence-corrected chi connectivity index (χ4v) is 3.25. The third-order valence-electron chi connectivity index (χ3n) is 4.80. The third-order valence-corrected chi connectivity index (χ3v) is 5.08. The van der Waals surface area contributed by atoms with Crippen molar-refractivity contribution in [3.63, 3.8) is 0 Å². The molecule has 29 heavy (non-hydrogen) atoms. The number of aromatic nitrogens is 1. The van der Waals surface area contributed by atoms with Crippen LogP contribution in [0.5, 0.6) is 0 Å². The highest BCUT2D eigenvalue weighted by Crippen LogP contribution is 2.23. The van der Waals surface area contributed by atoms with Crippen LogP contribution < -0.4 is 16.0 Å². The second kappa shape index (κ2) is 9.85. The Morgan fingerprint density at radius 2 is 1.72 bits per heavy atom. The van der Waals surface area contributed by atoms with Crippen LogP contribution in [0, 0.1) is 25.2 Å². The number of benzene rings is 2. The van der Waals surface area contributed by atoms with Gasteiger partial charge < -0.3 is 16.0 Å². The summed E-state index contributed by atoms with van der Waals surface area (Å²) in [6.45, 7) is 6.16. The van der Waals surface area contributed by atoms with E-state index in [1.807, 2.05) is 24.3 Å². The first-order chi connectivity index (χ1) is 14.1. The normalized spacial score (nSPS) is 10.4. The fraction of sp³-hybridized carbons (Fsp3) is 0.261. The van der Waals surface area contributed by atoms with E-state index in [0.29, 0.717) is 29.6 Å². The monoisotopic (exact) mass is 403 g/mol. The molecule has 6 heteroatoms. The van der Waals surface area contributed by atoms with Crippen LogP contribution in [-0.4, -0.2) is 29.7 Å². The first-order valence-electron chi connectivity index (χ1n) is 9.68. The third kappa shape index (κ3) is 5.66. The zero-order chi connectivity index (χ0) is 20.6. The Kier molecular flexibility index (Phi) is 6.99. The molecular weight excluding hydrogens is 378 g/mol. The van der Waals surface area contributed by atoms with Crippen LogP contribution in [0.4, 0.5) is 5.82 Å². The van der Waals surface area contributed by atoms with E-state index in [2.05, 4.69) is 65.1 Å². The van der Waals surface area contributed by atoms with Gasteiger partial charge in [0, 0.05) is 25.0 Å². The molecule has 5 nitrogen and oxygen atoms in total. The van der Waals surface area contributed by atoms with Gasteiger partial charge in [0.1, 0.15) is 11.9 Å². The SMILES string of the molecule is Cc1cc2cc(C#N)c(NCCNC(=S)NCCc3ccccc3)nc2cc1C. The van der Waals surface area contributed by atoms with E-state index in [1.165, 1.54) is 16.7 Å². The van der Waals surface area contributed by atoms with Crippen LogP contribution >= 0.6 is 12.2 Å². The Morgan fingerprint density at radius 3 is 2.48 bits per heavy atom. The number of thiocarbonyl (C=S) groups is 1. The van der Waals surface area contributed by atoms with Crippen LogP contribution in [0.2, 0.25) is 0 Å². The molecular formula is C23H25N5S. The van der Waals surface area contributed by atoms with Crippen molar-refractivity contribution in [2.75, 3.05) is 25.0 Å². The lowest BCUT2D eigenvalue weighted by Gasteiger charge is -2.13. The van der Waals surface area contributed by atoms with Gasteiger partial charge in [-0.15, -0.1) is 0 Å². The van der Waals surface area contributed by atoms with Crippen molar-refractivity contribution in [2.24, 2.45) is 0 Å². The predicted molar refractivity (Wildman–Crippen MR) is 123 cm³/mol. The molecule has 2 aromatic carbocycles. The lowest BCUT2D eigenvalue weighted by Crippen LogP contribution is -2.38. The highest BCUT2D eigenvalue weighted by atomic mass is 32.1. The molecule has 3 rings (SSSR count). The van der Waals surface area contributed by atoms with Crippen LogP contribution in [-0.2, 0) is 6.42 Å². The molecule has 1 heterocycles. The molecule has 148 valence electrons. The summed E-state index contributed by atoms with van der Waals surface area (Å²) in [6, 6.07) is 18.6. The number of hydrogen-bond donors (Lipinski definition) is 3. The number of pyridine rings is 1. The molecule has 0 bridgehead atoms. The standard InChI is InChI=1S/C23H25N5S/c1-16-12-19-14-20(15-24)22(28-21(19)13-17(16)2)25-10-11-27-23(29)26-9-8-18-6-4-3-5-7-18/h3-7,12-14H,8-11H2,1-2H3,(H,25,28)(H2,26,27,29). The molecule has 0 spiro atoms. The molecule has 0 atom stereocenters. The summed E-state index contributed by atoms with van der Waals surface area (Å²) >= 11 is 5.32. The zero-order valence-corrected chi connectivity index (χ0v) is 17.6. The maximum Gasteiger partial charge on any atom is 0.166 e. The highest BCUT2D eigenvalue weighted by molar-refractivity contribution is 7.80. The lowest BCUT2D eigenvalue weighted by molar-refractivity contribution is 0.816. The number of aryl methyl sites for hydroxylation is 2. The maximum atomic E-state index is 9.46. The Bertz CT molecular complexity index is 1040. The van der Waals surface area contributed by atoms with Crippen molar-refractivity contribution in [3.05, 3.63) is 70.8 Å². The second-order valence-corrected chi connectivity index (χ2v) is 7.38. The number of fused-ring (bicyclic) bond motifs is 1. The topological polar surface area (TPSA) is 72.8 Å². The van der Waals surface area contributed by atoms with Crippen LogP contribution in [0.15, 0.2) is 48.5 Å². The highest BCUT2D eigenvalue weighted by Gasteiger charge is 2.08. The van der Waals surface area contributed by atoms with E-state index in [4.69, 9.17) is 12.2 Å². The summed E-state index contributed by atoms with van der Waals surface area (Å²) in [4.78, 5) is 4.64. The van der Waals surface area contributed by atoms with Gasteiger partial charge in [-0.25, -0.2) is 4.98 Å². The van der Waals surface area contributed by atoms with Gasteiger partial charge in [-0.05, 0) is 67.4 Å². The molecule has 0 radical (unpaired) electrons. The van der Waals surface area contributed by atoms with Crippen molar-refractivity contribution in [3.8, 4) is 6.07 Å². The summed E-state index contributed by atoms with van der Waals surface area (Å²) in [6.07, 6.45) is 0.923. The maximum absolute atomic E-state index is 9.46. The van der Waals surface area contributed by atoms with E-state index in [-0.39, 0.29) is 0 Å². The first kappa shape index (κ1) is 20.6. The van der Waals surface area contributed by atoms with Crippen molar-refractivity contribution >= 4 is 34.1 Å². The van der Waals surface area contributed by atoms with E-state index in [0.717, 1.165) is 23.9 Å². The average Bonchev–Trinajstić information content (AvgIpc) is 2.72. The average molecular weight is 404 g/mol. The van der Waals surface area contributed by atoms with Gasteiger partial charge in [0.25, 0.3) is 0 Å². The molecule has 0 unspecified atom stereocenters. The number of nitriles is 1. The fourth-order valence-electron chi connectivity index (χ4n) is 3.04. The molecule has 0 aliphatic rings. The Labute approximate surface area is 177 Å². The summed E-state index contributed by atoms with van der Waals surface area (Å²) in [5.41, 5.74) is 5.10. The number of nitrogens with one attached hydrogen (secondary N) is 3. The van der Waals surface area contributed by atoms with Crippen LogP contribution in [0.1, 0.15) is 22.3 Å². The molecule has 0 aliphatic carbocycles. The molecule has 1 aromatic heterocycles. The van der Waals surface area contributed by atoms with Crippen molar-refractivity contribution in [1.29, 1.82) is 5.26 Å². The predicted octanol–water partition coefficient (Wildman–Crippen LogP) is 3.84. The van der Waals surface area contributed by atoms with Gasteiger partial charge in [-0.2, -0.15) is 5.26 Å². The van der Waals surface area contributed by atoms with Gasteiger partial charge >= 0.3 is 0 Å². The van der Waals surface area contributed by atoms with Gasteiger partial charge in [-0.3, -0.25) is 0 Å². The molecule has 3 aromatic rings. The minimum absolute atomic E-state index is 0.546. The quantitative estimate of drug-likeness (QED) is 0.411. The van der Waals surface area contributed by atoms with Crippen LogP contribution in [0.3, 0.4) is 0 Å². The summed E-state index contributed by atoms with van der Waals surface area (Å²) in [5.74, 6) is 0.605. The Balaban J connectivity index is 1.48. The second-order valence-electron chi connectivity index (χ2n) is 6.97. The molecule has 0 saturated carbocycles. The number of hydrogen-bond acceptors (Lipinski definition) is 4. The van der Waals surface area contributed by atoms with Gasteiger partial charge in [-0.1, -0.05) is 30.3 Å². The van der Waals surface area contributed by atoms with Gasteiger partial charge in [0.2, 0.25) is 0 Å². The van der Waals surface area contributed by atoms with E-state index >= 15 is 0 Å².